The highest BCUT2D eigenvalue weighted by Crippen LogP contribution is 2.28. The number of nitriles is 1. The van der Waals surface area contributed by atoms with Gasteiger partial charge in [-0.05, 0) is 48.1 Å². The Bertz CT molecular complexity index is 726. The lowest BCUT2D eigenvalue weighted by Crippen LogP contribution is -2.11. The first-order valence-electron chi connectivity index (χ1n) is 6.66. The highest BCUT2D eigenvalue weighted by atomic mass is 16.4. The van der Waals surface area contributed by atoms with Crippen molar-refractivity contribution >= 4 is 5.71 Å². The molecule has 1 aliphatic carbocycles. The number of nitrogens with zero attached hydrogens (tertiary/aromatic N) is 2. The van der Waals surface area contributed by atoms with Gasteiger partial charge in [0.15, 0.2) is 0 Å². The van der Waals surface area contributed by atoms with Gasteiger partial charge in [-0.15, -0.1) is 0 Å². The van der Waals surface area contributed by atoms with E-state index in [0.717, 1.165) is 41.7 Å². The first-order valence-corrected chi connectivity index (χ1v) is 6.66. The van der Waals surface area contributed by atoms with Crippen LogP contribution < -0.4 is 0 Å². The summed E-state index contributed by atoms with van der Waals surface area (Å²) in [4.78, 5) is 0. The minimum absolute atomic E-state index is 0.665. The van der Waals surface area contributed by atoms with Gasteiger partial charge in [-0.25, -0.2) is 0 Å². The van der Waals surface area contributed by atoms with E-state index in [1.807, 2.05) is 30.3 Å². The lowest BCUT2D eigenvalue weighted by Gasteiger charge is -2.17. The van der Waals surface area contributed by atoms with E-state index in [4.69, 9.17) is 10.5 Å². The summed E-state index contributed by atoms with van der Waals surface area (Å²) in [6, 6.07) is 15.9. The van der Waals surface area contributed by atoms with E-state index in [1.54, 1.807) is 6.07 Å². The van der Waals surface area contributed by atoms with Crippen molar-refractivity contribution in [3.8, 4) is 17.2 Å². The molecule has 2 aromatic rings. The van der Waals surface area contributed by atoms with Crippen LogP contribution in [0.2, 0.25) is 0 Å². The Morgan fingerprint density at radius 2 is 1.90 bits per heavy atom. The van der Waals surface area contributed by atoms with Gasteiger partial charge in [0, 0.05) is 5.56 Å². The van der Waals surface area contributed by atoms with E-state index in [2.05, 4.69) is 17.3 Å². The summed E-state index contributed by atoms with van der Waals surface area (Å²) in [5, 5.41) is 21.4. The molecule has 0 radical (unpaired) electrons. The SMILES string of the molecule is N#Cc1cccc(-c2ccc3c(c2)CCC/C3=N\O)c1. The fourth-order valence-electron chi connectivity index (χ4n) is 2.71. The summed E-state index contributed by atoms with van der Waals surface area (Å²) in [7, 11) is 0. The van der Waals surface area contributed by atoms with E-state index < -0.39 is 0 Å². The van der Waals surface area contributed by atoms with Crippen LogP contribution in [0.3, 0.4) is 0 Å². The summed E-state index contributed by atoms with van der Waals surface area (Å²) in [5.74, 6) is 0. The summed E-state index contributed by atoms with van der Waals surface area (Å²) >= 11 is 0. The molecule has 0 aliphatic heterocycles. The molecule has 0 saturated heterocycles. The maximum atomic E-state index is 9.04. The Morgan fingerprint density at radius 1 is 1.05 bits per heavy atom. The van der Waals surface area contributed by atoms with Crippen LogP contribution in [0.5, 0.6) is 0 Å². The van der Waals surface area contributed by atoms with Crippen LogP contribution in [-0.2, 0) is 6.42 Å². The lowest BCUT2D eigenvalue weighted by molar-refractivity contribution is 0.317. The Kier molecular flexibility index (Phi) is 3.22. The third-order valence-electron chi connectivity index (χ3n) is 3.72. The van der Waals surface area contributed by atoms with Crippen molar-refractivity contribution in [1.82, 2.24) is 0 Å². The largest absolute Gasteiger partial charge is 0.411 e. The van der Waals surface area contributed by atoms with E-state index in [1.165, 1.54) is 5.56 Å². The molecule has 98 valence electrons. The molecule has 20 heavy (non-hydrogen) atoms. The van der Waals surface area contributed by atoms with Crippen molar-refractivity contribution < 1.29 is 5.21 Å². The molecule has 2 aromatic carbocycles. The molecule has 0 saturated carbocycles. The smallest absolute Gasteiger partial charge is 0.0991 e. The van der Waals surface area contributed by atoms with Gasteiger partial charge >= 0.3 is 0 Å². The first kappa shape index (κ1) is 12.4. The van der Waals surface area contributed by atoms with Crippen molar-refractivity contribution in [2.24, 2.45) is 5.16 Å². The molecular formula is C17H14N2O. The van der Waals surface area contributed by atoms with Gasteiger partial charge in [-0.2, -0.15) is 5.26 Å². The van der Waals surface area contributed by atoms with Gasteiger partial charge in [0.05, 0.1) is 17.3 Å². The topological polar surface area (TPSA) is 56.4 Å². The third kappa shape index (κ3) is 2.17. The van der Waals surface area contributed by atoms with E-state index in [9.17, 15) is 0 Å². The fourth-order valence-corrected chi connectivity index (χ4v) is 2.71. The van der Waals surface area contributed by atoms with E-state index >= 15 is 0 Å². The zero-order valence-electron chi connectivity index (χ0n) is 11.0. The molecule has 1 N–H and O–H groups in total. The van der Waals surface area contributed by atoms with Gasteiger partial charge < -0.3 is 5.21 Å². The van der Waals surface area contributed by atoms with Crippen LogP contribution in [0.25, 0.3) is 11.1 Å². The Hall–Kier alpha value is -2.60. The molecule has 0 heterocycles. The van der Waals surface area contributed by atoms with Crippen LogP contribution in [-0.4, -0.2) is 10.9 Å². The molecular weight excluding hydrogens is 248 g/mol. The maximum absolute atomic E-state index is 9.04. The number of rotatable bonds is 1. The highest BCUT2D eigenvalue weighted by molar-refractivity contribution is 6.02. The number of hydrogen-bond donors (Lipinski definition) is 1. The Labute approximate surface area is 117 Å². The van der Waals surface area contributed by atoms with Crippen LogP contribution in [0.1, 0.15) is 29.5 Å². The van der Waals surface area contributed by atoms with Gasteiger partial charge in [-0.1, -0.05) is 35.5 Å². The molecule has 0 amide bonds. The maximum Gasteiger partial charge on any atom is 0.0991 e. The molecule has 0 fully saturated rings. The summed E-state index contributed by atoms with van der Waals surface area (Å²) in [5.41, 5.74) is 5.82. The van der Waals surface area contributed by atoms with E-state index in [0.29, 0.717) is 5.56 Å². The van der Waals surface area contributed by atoms with Gasteiger partial charge in [-0.3, -0.25) is 0 Å². The first-order chi connectivity index (χ1) is 9.81. The van der Waals surface area contributed by atoms with Crippen molar-refractivity contribution in [1.29, 1.82) is 5.26 Å². The second-order valence-corrected chi connectivity index (χ2v) is 4.96. The van der Waals surface area contributed by atoms with Crippen LogP contribution in [0, 0.1) is 11.3 Å². The van der Waals surface area contributed by atoms with Crippen LogP contribution >= 0.6 is 0 Å². The Morgan fingerprint density at radius 3 is 2.70 bits per heavy atom. The van der Waals surface area contributed by atoms with Gasteiger partial charge in [0.25, 0.3) is 0 Å². The highest BCUT2D eigenvalue weighted by Gasteiger charge is 2.16. The minimum Gasteiger partial charge on any atom is -0.411 e. The zero-order valence-corrected chi connectivity index (χ0v) is 11.0. The van der Waals surface area contributed by atoms with Crippen molar-refractivity contribution in [2.75, 3.05) is 0 Å². The second kappa shape index (κ2) is 5.18. The van der Waals surface area contributed by atoms with E-state index in [-0.39, 0.29) is 0 Å². The third-order valence-corrected chi connectivity index (χ3v) is 3.72. The normalized spacial score (nSPS) is 15.7. The number of hydrogen-bond acceptors (Lipinski definition) is 3. The number of benzene rings is 2. The summed E-state index contributed by atoms with van der Waals surface area (Å²) in [6.07, 6.45) is 2.83. The molecule has 1 aliphatic rings. The molecule has 0 aromatic heterocycles. The second-order valence-electron chi connectivity index (χ2n) is 4.96. The molecule has 0 atom stereocenters. The van der Waals surface area contributed by atoms with Crippen molar-refractivity contribution in [2.45, 2.75) is 19.3 Å². The monoisotopic (exact) mass is 262 g/mol. The number of fused-ring (bicyclic) bond motifs is 1. The average Bonchev–Trinajstić information content (AvgIpc) is 2.53. The molecule has 0 bridgehead atoms. The number of oxime groups is 1. The molecule has 0 spiro atoms. The predicted octanol–water partition coefficient (Wildman–Crippen LogP) is 3.74. The quantitative estimate of drug-likeness (QED) is 0.628. The Balaban J connectivity index is 2.06. The molecule has 0 unspecified atom stereocenters. The van der Waals surface area contributed by atoms with Crippen molar-refractivity contribution in [3.05, 3.63) is 59.2 Å². The average molecular weight is 262 g/mol. The van der Waals surface area contributed by atoms with Crippen LogP contribution in [0.15, 0.2) is 47.6 Å². The molecule has 3 rings (SSSR count). The fraction of sp³-hybridized carbons (Fsp3) is 0.176. The van der Waals surface area contributed by atoms with Crippen LogP contribution in [0.4, 0.5) is 0 Å². The standard InChI is InChI=1S/C17H14N2O/c18-11-12-3-1-4-13(9-12)14-7-8-16-15(10-14)5-2-6-17(16)19-20/h1,3-4,7-10,20H,2,5-6H2/b19-17+. The minimum atomic E-state index is 0.665. The summed E-state index contributed by atoms with van der Waals surface area (Å²) < 4.78 is 0. The predicted molar refractivity (Wildman–Crippen MR) is 77.9 cm³/mol. The zero-order chi connectivity index (χ0) is 13.9. The van der Waals surface area contributed by atoms with Gasteiger partial charge in [0.1, 0.15) is 0 Å². The number of aryl methyl sites for hydroxylation is 1. The lowest BCUT2D eigenvalue weighted by atomic mass is 9.87. The summed E-state index contributed by atoms with van der Waals surface area (Å²) in [6.45, 7) is 0. The van der Waals surface area contributed by atoms with Crippen molar-refractivity contribution in [3.63, 3.8) is 0 Å². The van der Waals surface area contributed by atoms with Gasteiger partial charge in [0.2, 0.25) is 0 Å². The molecule has 3 nitrogen and oxygen atoms in total. The molecule has 3 heteroatoms.